The Bertz CT molecular complexity index is 399. The molecule has 1 aliphatic heterocycles. The lowest BCUT2D eigenvalue weighted by molar-refractivity contribution is -0.151. The van der Waals surface area contributed by atoms with Gasteiger partial charge in [0.25, 0.3) is 0 Å². The largest absolute Gasteiger partial charge is 0.340 e. The molecule has 0 radical (unpaired) electrons. The number of amides is 1. The SMILES string of the molecule is CC1C(=O)[C@H](Cc2cn(C)cn2)N1C=O. The van der Waals surface area contributed by atoms with Crippen LogP contribution < -0.4 is 0 Å². The van der Waals surface area contributed by atoms with E-state index in [1.165, 1.54) is 4.90 Å². The molecule has 1 fully saturated rings. The van der Waals surface area contributed by atoms with Crippen LogP contribution in [0.5, 0.6) is 0 Å². The summed E-state index contributed by atoms with van der Waals surface area (Å²) >= 11 is 0. The maximum atomic E-state index is 11.5. The zero-order chi connectivity index (χ0) is 11.0. The van der Waals surface area contributed by atoms with E-state index in [0.717, 1.165) is 12.1 Å². The molecule has 0 N–H and O–H groups in total. The van der Waals surface area contributed by atoms with Crippen LogP contribution in [-0.2, 0) is 23.1 Å². The summed E-state index contributed by atoms with van der Waals surface area (Å²) in [6, 6.07) is -0.580. The Morgan fingerprint density at radius 3 is 2.87 bits per heavy atom. The van der Waals surface area contributed by atoms with Crippen LogP contribution in [0.3, 0.4) is 0 Å². The molecule has 2 heterocycles. The van der Waals surface area contributed by atoms with Crippen molar-refractivity contribution in [1.29, 1.82) is 0 Å². The molecule has 5 heteroatoms. The lowest BCUT2D eigenvalue weighted by atomic mass is 9.90. The zero-order valence-corrected chi connectivity index (χ0v) is 8.75. The quantitative estimate of drug-likeness (QED) is 0.643. The Kier molecular flexibility index (Phi) is 2.30. The summed E-state index contributed by atoms with van der Waals surface area (Å²) in [5, 5.41) is 0. The summed E-state index contributed by atoms with van der Waals surface area (Å²) in [5.74, 6) is 0.118. The van der Waals surface area contributed by atoms with Gasteiger partial charge in [0.05, 0.1) is 24.1 Å². The summed E-state index contributed by atoms with van der Waals surface area (Å²) in [7, 11) is 1.87. The Morgan fingerprint density at radius 1 is 1.60 bits per heavy atom. The fourth-order valence-corrected chi connectivity index (χ4v) is 1.90. The van der Waals surface area contributed by atoms with Gasteiger partial charge < -0.3 is 9.47 Å². The molecule has 0 saturated carbocycles. The minimum Gasteiger partial charge on any atom is -0.340 e. The number of ketones is 1. The Labute approximate surface area is 87.7 Å². The molecule has 1 aliphatic rings. The van der Waals surface area contributed by atoms with Gasteiger partial charge in [-0.15, -0.1) is 0 Å². The van der Waals surface area contributed by atoms with E-state index < -0.39 is 0 Å². The molecular weight excluding hydrogens is 194 g/mol. The van der Waals surface area contributed by atoms with Gasteiger partial charge in [-0.2, -0.15) is 0 Å². The summed E-state index contributed by atoms with van der Waals surface area (Å²) < 4.78 is 1.83. The van der Waals surface area contributed by atoms with Gasteiger partial charge in [-0.05, 0) is 6.92 Å². The smallest absolute Gasteiger partial charge is 0.210 e. The van der Waals surface area contributed by atoms with E-state index in [0.29, 0.717) is 6.42 Å². The number of carbonyl (C=O) groups is 2. The zero-order valence-electron chi connectivity index (χ0n) is 8.75. The van der Waals surface area contributed by atoms with Crippen molar-refractivity contribution in [2.75, 3.05) is 0 Å². The van der Waals surface area contributed by atoms with Gasteiger partial charge in [0.15, 0.2) is 5.78 Å². The maximum absolute atomic E-state index is 11.5. The number of aromatic nitrogens is 2. The molecule has 0 aromatic carbocycles. The number of rotatable bonds is 3. The first-order valence-corrected chi connectivity index (χ1v) is 4.87. The summed E-state index contributed by atoms with van der Waals surface area (Å²) in [4.78, 5) is 27.9. The van der Waals surface area contributed by atoms with Crippen LogP contribution in [0.25, 0.3) is 0 Å². The van der Waals surface area contributed by atoms with Crippen molar-refractivity contribution < 1.29 is 9.59 Å². The van der Waals surface area contributed by atoms with E-state index in [1.807, 2.05) is 17.8 Å². The molecule has 5 nitrogen and oxygen atoms in total. The van der Waals surface area contributed by atoms with Crippen LogP contribution in [0.4, 0.5) is 0 Å². The van der Waals surface area contributed by atoms with E-state index in [9.17, 15) is 9.59 Å². The van der Waals surface area contributed by atoms with E-state index >= 15 is 0 Å². The minimum atomic E-state index is -0.313. The van der Waals surface area contributed by atoms with Gasteiger partial charge in [-0.3, -0.25) is 9.59 Å². The van der Waals surface area contributed by atoms with Crippen LogP contribution in [0.15, 0.2) is 12.5 Å². The summed E-state index contributed by atoms with van der Waals surface area (Å²) in [6.07, 6.45) is 4.80. The second-order valence-corrected chi connectivity index (χ2v) is 3.88. The van der Waals surface area contributed by atoms with Crippen molar-refractivity contribution in [3.63, 3.8) is 0 Å². The van der Waals surface area contributed by atoms with Gasteiger partial charge in [0, 0.05) is 19.7 Å². The molecule has 1 saturated heterocycles. The lowest BCUT2D eigenvalue weighted by Gasteiger charge is -2.42. The number of nitrogens with zero attached hydrogens (tertiary/aromatic N) is 3. The van der Waals surface area contributed by atoms with E-state index in [-0.39, 0.29) is 17.9 Å². The van der Waals surface area contributed by atoms with Crippen molar-refractivity contribution in [2.45, 2.75) is 25.4 Å². The second-order valence-electron chi connectivity index (χ2n) is 3.88. The molecule has 2 rings (SSSR count). The van der Waals surface area contributed by atoms with Crippen LogP contribution in [0, 0.1) is 0 Å². The minimum absolute atomic E-state index is 0.118. The molecule has 1 aromatic heterocycles. The number of Topliss-reactive ketones (excluding diaryl/α,β-unsaturated/α-hetero) is 1. The maximum Gasteiger partial charge on any atom is 0.210 e. The third-order valence-corrected chi connectivity index (χ3v) is 2.83. The highest BCUT2D eigenvalue weighted by Gasteiger charge is 2.43. The summed E-state index contributed by atoms with van der Waals surface area (Å²) in [6.45, 7) is 1.74. The van der Waals surface area contributed by atoms with Gasteiger partial charge in [0.1, 0.15) is 0 Å². The molecule has 0 bridgehead atoms. The number of likely N-dealkylation sites (tertiary alicyclic amines) is 1. The van der Waals surface area contributed by atoms with Crippen LogP contribution in [0.1, 0.15) is 12.6 Å². The molecule has 1 aromatic rings. The molecule has 15 heavy (non-hydrogen) atoms. The van der Waals surface area contributed by atoms with Crippen LogP contribution in [0.2, 0.25) is 0 Å². The predicted molar refractivity (Wildman–Crippen MR) is 53.1 cm³/mol. The van der Waals surface area contributed by atoms with Gasteiger partial charge in [0.2, 0.25) is 6.41 Å². The number of hydrogen-bond acceptors (Lipinski definition) is 3. The fourth-order valence-electron chi connectivity index (χ4n) is 1.90. The number of carbonyl (C=O) groups excluding carboxylic acids is 2. The average molecular weight is 207 g/mol. The van der Waals surface area contributed by atoms with Gasteiger partial charge in [-0.25, -0.2) is 4.98 Å². The molecule has 0 spiro atoms. The molecular formula is C10H13N3O2. The summed E-state index contributed by atoms with van der Waals surface area (Å²) in [5.41, 5.74) is 0.842. The highest BCUT2D eigenvalue weighted by molar-refractivity contribution is 5.98. The molecule has 1 unspecified atom stereocenters. The average Bonchev–Trinajstić information content (AvgIpc) is 2.63. The Balaban J connectivity index is 2.06. The number of hydrogen-bond donors (Lipinski definition) is 0. The molecule has 1 amide bonds. The van der Waals surface area contributed by atoms with Crippen molar-refractivity contribution in [2.24, 2.45) is 7.05 Å². The first-order valence-electron chi connectivity index (χ1n) is 4.87. The highest BCUT2D eigenvalue weighted by atomic mass is 16.2. The second kappa shape index (κ2) is 3.49. The normalized spacial score (nSPS) is 25.2. The molecule has 0 aliphatic carbocycles. The van der Waals surface area contributed by atoms with E-state index in [2.05, 4.69) is 4.98 Å². The van der Waals surface area contributed by atoms with Crippen molar-refractivity contribution in [1.82, 2.24) is 14.5 Å². The van der Waals surface area contributed by atoms with Gasteiger partial charge in [-0.1, -0.05) is 0 Å². The number of aryl methyl sites for hydroxylation is 1. The Hall–Kier alpha value is -1.65. The van der Waals surface area contributed by atoms with Crippen LogP contribution in [-0.4, -0.2) is 38.7 Å². The van der Waals surface area contributed by atoms with Crippen molar-refractivity contribution in [3.05, 3.63) is 18.2 Å². The number of imidazole rings is 1. The topological polar surface area (TPSA) is 55.2 Å². The van der Waals surface area contributed by atoms with Crippen molar-refractivity contribution >= 4 is 12.2 Å². The monoisotopic (exact) mass is 207 g/mol. The third kappa shape index (κ3) is 1.54. The predicted octanol–water partition coefficient (Wildman–Crippen LogP) is -0.239. The molecule has 80 valence electrons. The van der Waals surface area contributed by atoms with Crippen LogP contribution >= 0.6 is 0 Å². The Morgan fingerprint density at radius 2 is 2.33 bits per heavy atom. The first-order chi connectivity index (χ1) is 7.13. The molecule has 2 atom stereocenters. The standard InChI is InChI=1S/C10H13N3O2/c1-7-10(15)9(13(7)6-14)3-8-4-12(2)5-11-8/h4-7,9H,3H2,1-2H3/t7?,9-/m0/s1. The van der Waals surface area contributed by atoms with Crippen molar-refractivity contribution in [3.8, 4) is 0 Å². The lowest BCUT2D eigenvalue weighted by Crippen LogP contribution is -2.63. The van der Waals surface area contributed by atoms with Gasteiger partial charge >= 0.3 is 0 Å². The van der Waals surface area contributed by atoms with E-state index in [1.54, 1.807) is 13.3 Å². The first kappa shape index (κ1) is 9.89. The highest BCUT2D eigenvalue weighted by Crippen LogP contribution is 2.22. The third-order valence-electron chi connectivity index (χ3n) is 2.83. The fraction of sp³-hybridized carbons (Fsp3) is 0.500. The van der Waals surface area contributed by atoms with E-state index in [4.69, 9.17) is 0 Å².